The minimum atomic E-state index is -0.0637. The molecule has 0 unspecified atom stereocenters. The van der Waals surface area contributed by atoms with Gasteiger partial charge in [-0.05, 0) is 39.5 Å². The second-order valence-corrected chi connectivity index (χ2v) is 7.83. The molecule has 23 heavy (non-hydrogen) atoms. The minimum absolute atomic E-state index is 0.0637. The van der Waals surface area contributed by atoms with Crippen LogP contribution in [0.5, 0.6) is 0 Å². The highest BCUT2D eigenvalue weighted by Gasteiger charge is 2.35. The zero-order chi connectivity index (χ0) is 16.7. The molecule has 1 saturated heterocycles. The van der Waals surface area contributed by atoms with Gasteiger partial charge < -0.3 is 4.90 Å². The smallest absolute Gasteiger partial charge is 0.226 e. The van der Waals surface area contributed by atoms with Crippen molar-refractivity contribution >= 4 is 11.7 Å². The summed E-state index contributed by atoms with van der Waals surface area (Å²) in [5, 5.41) is 0. The predicted molar refractivity (Wildman–Crippen MR) is 94.3 cm³/mol. The number of likely N-dealkylation sites (tertiary alicyclic amines) is 1. The maximum Gasteiger partial charge on any atom is 0.226 e. The van der Waals surface area contributed by atoms with Gasteiger partial charge in [-0.3, -0.25) is 9.59 Å². The summed E-state index contributed by atoms with van der Waals surface area (Å²) in [5.41, 5.74) is 0. The Morgan fingerprint density at radius 2 is 1.35 bits per heavy atom. The van der Waals surface area contributed by atoms with Crippen LogP contribution >= 0.6 is 0 Å². The molecule has 3 nitrogen and oxygen atoms in total. The Kier molecular flexibility index (Phi) is 7.58. The molecule has 3 atom stereocenters. The monoisotopic (exact) mass is 321 g/mol. The topological polar surface area (TPSA) is 37.4 Å². The lowest BCUT2D eigenvalue weighted by atomic mass is 9.92. The summed E-state index contributed by atoms with van der Waals surface area (Å²) in [4.78, 5) is 27.4. The van der Waals surface area contributed by atoms with Crippen LogP contribution in [0.2, 0.25) is 0 Å². The number of carbonyl (C=O) groups excluding carboxylic acids is 2. The Balaban J connectivity index is 1.99. The number of ketones is 1. The third-order valence-electron chi connectivity index (χ3n) is 5.79. The van der Waals surface area contributed by atoms with E-state index in [2.05, 4.69) is 18.7 Å². The van der Waals surface area contributed by atoms with Gasteiger partial charge in [-0.1, -0.05) is 44.9 Å². The maximum atomic E-state index is 13.0. The third-order valence-corrected chi connectivity index (χ3v) is 5.79. The predicted octanol–water partition coefficient (Wildman–Crippen LogP) is 4.88. The lowest BCUT2D eigenvalue weighted by Gasteiger charge is -2.30. The number of Topliss-reactive ketones (excluding diaryl/α,β-unsaturated/α-hetero) is 1. The summed E-state index contributed by atoms with van der Waals surface area (Å²) >= 11 is 0. The molecule has 2 fully saturated rings. The molecule has 1 saturated carbocycles. The molecule has 1 amide bonds. The highest BCUT2D eigenvalue weighted by Crippen LogP contribution is 2.29. The van der Waals surface area contributed by atoms with E-state index in [1.807, 2.05) is 0 Å². The zero-order valence-corrected chi connectivity index (χ0v) is 15.2. The van der Waals surface area contributed by atoms with Crippen molar-refractivity contribution in [2.45, 2.75) is 109 Å². The fourth-order valence-corrected chi connectivity index (χ4v) is 4.30. The summed E-state index contributed by atoms with van der Waals surface area (Å²) in [6.07, 6.45) is 13.9. The lowest BCUT2D eigenvalue weighted by Crippen LogP contribution is -2.42. The number of hydrogen-bond donors (Lipinski definition) is 0. The molecule has 0 aromatic rings. The van der Waals surface area contributed by atoms with Gasteiger partial charge in [-0.15, -0.1) is 0 Å². The molecule has 0 spiro atoms. The first-order valence-corrected chi connectivity index (χ1v) is 9.93. The van der Waals surface area contributed by atoms with E-state index in [0.29, 0.717) is 30.7 Å². The number of hydrogen-bond acceptors (Lipinski definition) is 2. The normalized spacial score (nSPS) is 32.0. The first-order chi connectivity index (χ1) is 11.1. The molecule has 0 aromatic heterocycles. The molecule has 3 heteroatoms. The van der Waals surface area contributed by atoms with Gasteiger partial charge in [0.1, 0.15) is 5.78 Å². The highest BCUT2D eigenvalue weighted by atomic mass is 16.2. The van der Waals surface area contributed by atoms with E-state index in [1.54, 1.807) is 0 Å². The van der Waals surface area contributed by atoms with Crippen LogP contribution in [0.1, 0.15) is 97.3 Å². The average Bonchev–Trinajstić information content (AvgIpc) is 2.86. The minimum Gasteiger partial charge on any atom is -0.337 e. The van der Waals surface area contributed by atoms with E-state index >= 15 is 0 Å². The van der Waals surface area contributed by atoms with Crippen LogP contribution in [0, 0.1) is 5.92 Å². The summed E-state index contributed by atoms with van der Waals surface area (Å²) in [6, 6.07) is 0.689. The SMILES string of the molecule is C[C@@H]1CC[C@@H](C)N1C(=O)[C@H]1CCCCCCCCCCC(=O)C1. The quantitative estimate of drug-likeness (QED) is 0.690. The summed E-state index contributed by atoms with van der Waals surface area (Å²) < 4.78 is 0. The molecular weight excluding hydrogens is 286 g/mol. The van der Waals surface area contributed by atoms with Crippen LogP contribution in [-0.2, 0) is 9.59 Å². The Morgan fingerprint density at radius 3 is 1.96 bits per heavy atom. The molecule has 1 aliphatic carbocycles. The Labute approximate surface area is 142 Å². The van der Waals surface area contributed by atoms with Crippen LogP contribution < -0.4 is 0 Å². The van der Waals surface area contributed by atoms with Gasteiger partial charge in [0.05, 0.1) is 0 Å². The number of rotatable bonds is 1. The Hall–Kier alpha value is -0.860. The van der Waals surface area contributed by atoms with E-state index in [9.17, 15) is 9.59 Å². The first-order valence-electron chi connectivity index (χ1n) is 9.93. The fourth-order valence-electron chi connectivity index (χ4n) is 4.30. The molecule has 1 aliphatic heterocycles. The maximum absolute atomic E-state index is 13.0. The largest absolute Gasteiger partial charge is 0.337 e. The molecule has 0 N–H and O–H groups in total. The summed E-state index contributed by atoms with van der Waals surface area (Å²) in [6.45, 7) is 4.31. The molecule has 1 heterocycles. The number of carbonyl (C=O) groups is 2. The van der Waals surface area contributed by atoms with Crippen LogP contribution in [-0.4, -0.2) is 28.7 Å². The van der Waals surface area contributed by atoms with Crippen LogP contribution in [0.25, 0.3) is 0 Å². The highest BCUT2D eigenvalue weighted by molar-refractivity contribution is 5.87. The van der Waals surface area contributed by atoms with Gasteiger partial charge in [-0.2, -0.15) is 0 Å². The van der Waals surface area contributed by atoms with E-state index in [1.165, 1.54) is 38.5 Å². The van der Waals surface area contributed by atoms with Crippen LogP contribution in [0.4, 0.5) is 0 Å². The molecule has 0 radical (unpaired) electrons. The van der Waals surface area contributed by atoms with Crippen molar-refractivity contribution in [2.24, 2.45) is 5.92 Å². The van der Waals surface area contributed by atoms with E-state index in [0.717, 1.165) is 32.1 Å². The first kappa shape index (κ1) is 18.5. The zero-order valence-electron chi connectivity index (χ0n) is 15.2. The standard InChI is InChI=1S/C20H35NO2/c1-16-13-14-17(2)21(16)20(23)18-11-9-7-5-3-4-6-8-10-12-19(22)15-18/h16-18H,3-15H2,1-2H3/t16-,17-,18+/m1/s1. The van der Waals surface area contributed by atoms with E-state index in [4.69, 9.17) is 0 Å². The number of amides is 1. The van der Waals surface area contributed by atoms with E-state index in [-0.39, 0.29) is 11.8 Å². The molecule has 2 aliphatic rings. The average molecular weight is 322 g/mol. The van der Waals surface area contributed by atoms with Crippen molar-refractivity contribution in [3.63, 3.8) is 0 Å². The number of nitrogens with zero attached hydrogens (tertiary/aromatic N) is 1. The summed E-state index contributed by atoms with van der Waals surface area (Å²) in [7, 11) is 0. The molecule has 0 bridgehead atoms. The van der Waals surface area contributed by atoms with Gasteiger partial charge in [0.2, 0.25) is 5.91 Å². The van der Waals surface area contributed by atoms with Crippen molar-refractivity contribution in [3.8, 4) is 0 Å². The van der Waals surface area contributed by atoms with E-state index < -0.39 is 0 Å². The third kappa shape index (κ3) is 5.61. The fraction of sp³-hybridized carbons (Fsp3) is 0.900. The van der Waals surface area contributed by atoms with Gasteiger partial charge >= 0.3 is 0 Å². The molecule has 132 valence electrons. The molecular formula is C20H35NO2. The lowest BCUT2D eigenvalue weighted by molar-refractivity contribution is -0.140. The molecule has 2 rings (SSSR count). The Morgan fingerprint density at radius 1 is 0.826 bits per heavy atom. The van der Waals surface area contributed by atoms with Gasteiger partial charge in [0.25, 0.3) is 0 Å². The van der Waals surface area contributed by atoms with Crippen LogP contribution in [0.3, 0.4) is 0 Å². The Bertz CT molecular complexity index is 383. The van der Waals surface area contributed by atoms with Crippen molar-refractivity contribution in [1.29, 1.82) is 0 Å². The van der Waals surface area contributed by atoms with Gasteiger partial charge in [-0.25, -0.2) is 0 Å². The van der Waals surface area contributed by atoms with Crippen molar-refractivity contribution in [3.05, 3.63) is 0 Å². The van der Waals surface area contributed by atoms with Crippen LogP contribution in [0.15, 0.2) is 0 Å². The van der Waals surface area contributed by atoms with Crippen molar-refractivity contribution in [1.82, 2.24) is 4.90 Å². The molecule has 0 aromatic carbocycles. The summed E-state index contributed by atoms with van der Waals surface area (Å²) in [5.74, 6) is 0.499. The van der Waals surface area contributed by atoms with Gasteiger partial charge in [0, 0.05) is 30.8 Å². The van der Waals surface area contributed by atoms with Crippen molar-refractivity contribution < 1.29 is 9.59 Å². The van der Waals surface area contributed by atoms with Gasteiger partial charge in [0.15, 0.2) is 0 Å². The second-order valence-electron chi connectivity index (χ2n) is 7.83. The second kappa shape index (κ2) is 9.44. The van der Waals surface area contributed by atoms with Crippen molar-refractivity contribution in [2.75, 3.05) is 0 Å².